The molecule has 5 nitrogen and oxygen atoms in total. The molecule has 1 fully saturated rings. The van der Waals surface area contributed by atoms with E-state index in [1.165, 1.54) is 17.7 Å². The Morgan fingerprint density at radius 2 is 1.64 bits per heavy atom. The van der Waals surface area contributed by atoms with Gasteiger partial charge in [0.2, 0.25) is 0 Å². The largest absolute Gasteiger partial charge is 0.416 e. The number of alkyl halides is 3. The molecule has 1 saturated heterocycles. The maximum absolute atomic E-state index is 12.3. The summed E-state index contributed by atoms with van der Waals surface area (Å²) >= 11 is 4.47. The highest BCUT2D eigenvalue weighted by Crippen LogP contribution is 2.30. The van der Waals surface area contributed by atoms with Gasteiger partial charge in [0, 0.05) is 55.3 Å². The van der Waals surface area contributed by atoms with Crippen LogP contribution < -0.4 is 0 Å². The molecule has 4 aromatic rings. The molecule has 5 rings (SSSR count). The molecule has 0 N–H and O–H groups in total. The third-order valence-corrected chi connectivity index (χ3v) is 7.24. The van der Waals surface area contributed by atoms with Gasteiger partial charge in [-0.05, 0) is 68.4 Å². The Morgan fingerprint density at radius 1 is 0.952 bits per heavy atom. The van der Waals surface area contributed by atoms with Gasteiger partial charge in [-0.3, -0.25) is 14.3 Å². The van der Waals surface area contributed by atoms with E-state index in [1.807, 2.05) is 32.9 Å². The van der Waals surface area contributed by atoms with Crippen LogP contribution in [0.1, 0.15) is 60.9 Å². The fraction of sp³-hybridized carbons (Fsp3) is 0.394. The molecule has 1 aromatic heterocycles. The lowest BCUT2D eigenvalue weighted by molar-refractivity contribution is -0.137. The molecule has 9 heteroatoms. The number of carbonyl (C=O) groups is 1. The van der Waals surface area contributed by atoms with E-state index in [0.717, 1.165) is 72.3 Å². The Bertz CT molecular complexity index is 1460. The molecule has 0 bridgehead atoms. The molecular weight excluding hydrogens is 557 g/mol. The van der Waals surface area contributed by atoms with Gasteiger partial charge in [0.05, 0.1) is 16.6 Å². The highest BCUT2D eigenvalue weighted by atomic mass is 32.1. The van der Waals surface area contributed by atoms with E-state index < -0.39 is 11.7 Å². The summed E-state index contributed by atoms with van der Waals surface area (Å²) in [6, 6.07) is 19.4. The van der Waals surface area contributed by atoms with E-state index in [4.69, 9.17) is 4.98 Å². The number of Topliss-reactive ketones (excluding diaryl/α,β-unsaturated/α-hetero) is 1. The van der Waals surface area contributed by atoms with Crippen LogP contribution in [-0.2, 0) is 12.7 Å². The second-order valence-electron chi connectivity index (χ2n) is 10.2. The average Bonchev–Trinajstić information content (AvgIpc) is 3.30. The first kappa shape index (κ1) is 33.4. The minimum absolute atomic E-state index is 0.131. The second kappa shape index (κ2) is 15.4. The van der Waals surface area contributed by atoms with E-state index in [9.17, 15) is 18.0 Å². The maximum atomic E-state index is 12.3. The van der Waals surface area contributed by atoms with Crippen LogP contribution in [0.3, 0.4) is 0 Å². The Labute approximate surface area is 252 Å². The summed E-state index contributed by atoms with van der Waals surface area (Å²) in [6.45, 7) is 13.4. The Hall–Kier alpha value is -3.14. The van der Waals surface area contributed by atoms with Crippen molar-refractivity contribution in [3.8, 4) is 5.69 Å². The van der Waals surface area contributed by atoms with Crippen LogP contribution in [0.5, 0.6) is 0 Å². The second-order valence-corrected chi connectivity index (χ2v) is 10.7. The van der Waals surface area contributed by atoms with Gasteiger partial charge in [-0.15, -0.1) is 12.6 Å². The number of aryl methyl sites for hydroxylation is 1. The molecule has 3 aromatic carbocycles. The summed E-state index contributed by atoms with van der Waals surface area (Å²) in [5.74, 6) is 0.759. The number of hydrogen-bond acceptors (Lipinski definition) is 5. The number of nitrogens with zero attached hydrogens (tertiary/aromatic N) is 4. The lowest BCUT2D eigenvalue weighted by Crippen LogP contribution is -2.43. The van der Waals surface area contributed by atoms with Crippen molar-refractivity contribution >= 4 is 29.4 Å². The number of piperazine rings is 1. The number of ketones is 1. The summed E-state index contributed by atoms with van der Waals surface area (Å²) in [4.78, 5) is 22.0. The fourth-order valence-corrected chi connectivity index (χ4v) is 5.03. The number of benzene rings is 3. The van der Waals surface area contributed by atoms with Crippen molar-refractivity contribution in [2.45, 2.75) is 58.2 Å². The number of rotatable bonds is 6. The highest BCUT2D eigenvalue weighted by Gasteiger charge is 2.30. The summed E-state index contributed by atoms with van der Waals surface area (Å²) in [5.41, 5.74) is 4.02. The smallest absolute Gasteiger partial charge is 0.304 e. The third kappa shape index (κ3) is 8.93. The van der Waals surface area contributed by atoms with Gasteiger partial charge >= 0.3 is 6.18 Å². The molecule has 0 atom stereocenters. The number of fused-ring (bicyclic) bond motifs is 1. The molecule has 226 valence electrons. The number of hydrogen-bond donors (Lipinski definition) is 1. The number of halogens is 3. The van der Waals surface area contributed by atoms with Crippen LogP contribution in [0.2, 0.25) is 0 Å². The van der Waals surface area contributed by atoms with Gasteiger partial charge in [0.15, 0.2) is 5.78 Å². The summed E-state index contributed by atoms with van der Waals surface area (Å²) in [5, 5.41) is 0. The minimum atomic E-state index is -4.39. The predicted molar refractivity (Wildman–Crippen MR) is 168 cm³/mol. The predicted octanol–water partition coefficient (Wildman–Crippen LogP) is 8.08. The number of thiol groups is 1. The molecule has 42 heavy (non-hydrogen) atoms. The molecule has 0 spiro atoms. The number of imidazole rings is 1. The molecular formula is C33H41F3N4OS. The lowest BCUT2D eigenvalue weighted by Gasteiger charge is -2.32. The van der Waals surface area contributed by atoms with Crippen LogP contribution in [0.4, 0.5) is 13.2 Å². The zero-order chi connectivity index (χ0) is 30.9. The molecule has 0 unspecified atom stereocenters. The minimum Gasteiger partial charge on any atom is -0.304 e. The van der Waals surface area contributed by atoms with Gasteiger partial charge < -0.3 is 4.90 Å². The summed E-state index contributed by atoms with van der Waals surface area (Å²) in [7, 11) is 2.19. The molecule has 0 radical (unpaired) electrons. The molecule has 0 aliphatic carbocycles. The Kier molecular flexibility index (Phi) is 12.2. The van der Waals surface area contributed by atoms with Crippen LogP contribution in [0, 0.1) is 6.92 Å². The van der Waals surface area contributed by atoms with E-state index in [1.54, 1.807) is 0 Å². The van der Waals surface area contributed by atoms with E-state index in [0.29, 0.717) is 6.42 Å². The molecule has 0 saturated carbocycles. The summed E-state index contributed by atoms with van der Waals surface area (Å²) in [6.07, 6.45) is -3.47. The van der Waals surface area contributed by atoms with Crippen LogP contribution in [0.15, 0.2) is 71.6 Å². The molecule has 2 heterocycles. The average molecular weight is 599 g/mol. The quantitative estimate of drug-likeness (QED) is 0.180. The molecule has 1 aliphatic rings. The van der Waals surface area contributed by atoms with Crippen LogP contribution >= 0.6 is 12.6 Å². The Balaban J connectivity index is 0.000000245. The number of carbonyl (C=O) groups excluding carboxylic acids is 1. The first-order valence-electron chi connectivity index (χ1n) is 14.4. The van der Waals surface area contributed by atoms with Gasteiger partial charge in [0.1, 0.15) is 5.82 Å². The highest BCUT2D eigenvalue weighted by molar-refractivity contribution is 7.80. The van der Waals surface area contributed by atoms with E-state index in [2.05, 4.69) is 71.3 Å². The van der Waals surface area contributed by atoms with Crippen molar-refractivity contribution in [3.63, 3.8) is 0 Å². The fourth-order valence-electron chi connectivity index (χ4n) is 4.81. The standard InChI is InChI=1S/C20H24N4S.C11H11F3O.C2H6/c1-15-21-19-12-16(14-23-10-8-22(2)9-11-23)6-7-20(19)24(15)17-4-3-5-18(25)13-17;1-2-4-10(15)8-5-3-6-9(7-8)11(12,13)14;1-2/h3-7,12-13,25H,8-11,14H2,1-2H3;3,5-7H,2,4H2,1H3;1-2H3. The zero-order valence-corrected chi connectivity index (χ0v) is 26.0. The zero-order valence-electron chi connectivity index (χ0n) is 25.1. The van der Waals surface area contributed by atoms with Crippen molar-refractivity contribution in [1.82, 2.24) is 19.4 Å². The van der Waals surface area contributed by atoms with Crippen molar-refractivity contribution in [1.29, 1.82) is 0 Å². The normalized spacial score (nSPS) is 14.1. The van der Waals surface area contributed by atoms with Crippen molar-refractivity contribution in [2.75, 3.05) is 33.2 Å². The van der Waals surface area contributed by atoms with Gasteiger partial charge in [-0.25, -0.2) is 4.98 Å². The van der Waals surface area contributed by atoms with Gasteiger partial charge in [0.25, 0.3) is 0 Å². The number of likely N-dealkylation sites (N-methyl/N-ethyl adjacent to an activating group) is 1. The third-order valence-electron chi connectivity index (χ3n) is 6.97. The van der Waals surface area contributed by atoms with Gasteiger partial charge in [-0.2, -0.15) is 13.2 Å². The van der Waals surface area contributed by atoms with E-state index in [-0.39, 0.29) is 17.8 Å². The summed E-state index contributed by atoms with van der Waals surface area (Å²) < 4.78 is 39.1. The van der Waals surface area contributed by atoms with Crippen LogP contribution in [0.25, 0.3) is 16.7 Å². The Morgan fingerprint density at radius 3 is 2.29 bits per heavy atom. The van der Waals surface area contributed by atoms with Gasteiger partial charge in [-0.1, -0.05) is 45.0 Å². The molecule has 1 aliphatic heterocycles. The van der Waals surface area contributed by atoms with Crippen molar-refractivity contribution < 1.29 is 18.0 Å². The SMILES string of the molecule is CC.CCCC(=O)c1cccc(C(F)(F)F)c1.Cc1nc2cc(CN3CCN(C)CC3)ccc2n1-c1cccc(S)c1. The van der Waals surface area contributed by atoms with Crippen LogP contribution in [-0.4, -0.2) is 58.4 Å². The monoisotopic (exact) mass is 598 g/mol. The first-order chi connectivity index (χ1) is 20.0. The van der Waals surface area contributed by atoms with E-state index >= 15 is 0 Å². The number of aromatic nitrogens is 2. The topological polar surface area (TPSA) is 41.4 Å². The van der Waals surface area contributed by atoms with Crippen molar-refractivity contribution in [2.24, 2.45) is 0 Å². The molecule has 0 amide bonds. The first-order valence-corrected chi connectivity index (χ1v) is 14.9. The lowest BCUT2D eigenvalue weighted by atomic mass is 10.0. The van der Waals surface area contributed by atoms with Crippen molar-refractivity contribution in [3.05, 3.63) is 89.2 Å². The maximum Gasteiger partial charge on any atom is 0.416 e.